The Kier molecular flexibility index (Phi) is 5.46. The largest absolute Gasteiger partial charge is 0.464 e. The highest BCUT2D eigenvalue weighted by molar-refractivity contribution is 7.99. The van der Waals surface area contributed by atoms with Crippen LogP contribution in [0.15, 0.2) is 44.4 Å². The molecule has 2 heterocycles. The quantitative estimate of drug-likeness (QED) is 0.610. The summed E-state index contributed by atoms with van der Waals surface area (Å²) in [6, 6.07) is 9.85. The van der Waals surface area contributed by atoms with Crippen molar-refractivity contribution >= 4 is 17.7 Å². The van der Waals surface area contributed by atoms with E-state index in [4.69, 9.17) is 8.83 Å². The number of aryl methyl sites for hydroxylation is 3. The smallest absolute Gasteiger partial charge is 0.277 e. The molecule has 0 saturated carbocycles. The van der Waals surface area contributed by atoms with Gasteiger partial charge in [-0.05, 0) is 45.0 Å². The normalized spacial score (nSPS) is 10.9. The van der Waals surface area contributed by atoms with Crippen LogP contribution in [0, 0.1) is 20.8 Å². The number of hydrogen-bond donors (Lipinski definition) is 0. The molecular weight excluding hydrogens is 350 g/mol. The van der Waals surface area contributed by atoms with E-state index in [0.717, 1.165) is 28.2 Å². The van der Waals surface area contributed by atoms with Gasteiger partial charge >= 0.3 is 0 Å². The number of amides is 1. The topological polar surface area (TPSA) is 72.4 Å². The van der Waals surface area contributed by atoms with Crippen LogP contribution >= 0.6 is 11.8 Å². The molecule has 0 spiro atoms. The Morgan fingerprint density at radius 3 is 2.46 bits per heavy atom. The molecular formula is C19H21N3O3S. The van der Waals surface area contributed by atoms with Gasteiger partial charge in [0.05, 0.1) is 12.3 Å². The van der Waals surface area contributed by atoms with Crippen molar-refractivity contribution in [2.24, 2.45) is 0 Å². The minimum Gasteiger partial charge on any atom is -0.464 e. The summed E-state index contributed by atoms with van der Waals surface area (Å²) >= 11 is 1.23. The molecule has 1 amide bonds. The van der Waals surface area contributed by atoms with Gasteiger partial charge in [-0.3, -0.25) is 4.79 Å². The van der Waals surface area contributed by atoms with Gasteiger partial charge in [0.15, 0.2) is 0 Å². The average Bonchev–Trinajstić information content (AvgIpc) is 3.20. The third kappa shape index (κ3) is 4.54. The summed E-state index contributed by atoms with van der Waals surface area (Å²) in [4.78, 5) is 13.9. The molecule has 26 heavy (non-hydrogen) atoms. The summed E-state index contributed by atoms with van der Waals surface area (Å²) in [6.45, 7) is 6.37. The monoisotopic (exact) mass is 371 g/mol. The first-order valence-electron chi connectivity index (χ1n) is 8.25. The van der Waals surface area contributed by atoms with Crippen molar-refractivity contribution in [2.45, 2.75) is 32.5 Å². The van der Waals surface area contributed by atoms with E-state index < -0.39 is 0 Å². The minimum atomic E-state index is -0.0322. The van der Waals surface area contributed by atoms with Crippen LogP contribution in [0.25, 0.3) is 11.5 Å². The SMILES string of the molecule is Cc1cc(C)cc(-c2nnc(SCC(=O)N(C)Cc3ccc(C)o3)o2)c1. The summed E-state index contributed by atoms with van der Waals surface area (Å²) in [6.07, 6.45) is 0. The third-order valence-corrected chi connectivity index (χ3v) is 4.61. The predicted molar refractivity (Wildman–Crippen MR) is 99.9 cm³/mol. The molecule has 0 aliphatic rings. The molecule has 2 aromatic heterocycles. The van der Waals surface area contributed by atoms with Crippen LogP contribution in [-0.2, 0) is 11.3 Å². The number of thioether (sulfide) groups is 1. The number of carbonyl (C=O) groups excluding carboxylic acids is 1. The molecule has 6 nitrogen and oxygen atoms in total. The first-order valence-corrected chi connectivity index (χ1v) is 9.23. The van der Waals surface area contributed by atoms with Crippen LogP contribution in [0.5, 0.6) is 0 Å². The zero-order valence-corrected chi connectivity index (χ0v) is 16.1. The third-order valence-electron chi connectivity index (χ3n) is 3.81. The van der Waals surface area contributed by atoms with E-state index >= 15 is 0 Å². The predicted octanol–water partition coefficient (Wildman–Crippen LogP) is 4.01. The number of aromatic nitrogens is 2. The van der Waals surface area contributed by atoms with Gasteiger partial charge in [-0.1, -0.05) is 29.0 Å². The summed E-state index contributed by atoms with van der Waals surface area (Å²) in [5.41, 5.74) is 3.16. The van der Waals surface area contributed by atoms with Crippen LogP contribution in [0.2, 0.25) is 0 Å². The Labute approximate surface area is 156 Å². The molecule has 0 fully saturated rings. The summed E-state index contributed by atoms with van der Waals surface area (Å²) < 4.78 is 11.2. The highest BCUT2D eigenvalue weighted by Crippen LogP contribution is 2.25. The Morgan fingerprint density at radius 1 is 1.08 bits per heavy atom. The fourth-order valence-corrected chi connectivity index (χ4v) is 3.31. The fourth-order valence-electron chi connectivity index (χ4n) is 2.61. The number of carbonyl (C=O) groups is 1. The van der Waals surface area contributed by atoms with Gasteiger partial charge in [0, 0.05) is 12.6 Å². The van der Waals surface area contributed by atoms with Crippen LogP contribution < -0.4 is 0 Å². The molecule has 0 aliphatic heterocycles. The van der Waals surface area contributed by atoms with Crippen LogP contribution in [0.3, 0.4) is 0 Å². The first-order chi connectivity index (χ1) is 12.4. The van der Waals surface area contributed by atoms with Crippen LogP contribution in [-0.4, -0.2) is 33.8 Å². The van der Waals surface area contributed by atoms with Crippen molar-refractivity contribution in [1.29, 1.82) is 0 Å². The molecule has 3 aromatic rings. The number of furan rings is 1. The second-order valence-corrected chi connectivity index (χ2v) is 7.23. The Balaban J connectivity index is 1.58. The lowest BCUT2D eigenvalue weighted by Gasteiger charge is -2.14. The van der Waals surface area contributed by atoms with E-state index in [2.05, 4.69) is 16.3 Å². The van der Waals surface area contributed by atoms with E-state index in [1.165, 1.54) is 11.8 Å². The van der Waals surface area contributed by atoms with Gasteiger partial charge in [0.1, 0.15) is 11.5 Å². The number of benzene rings is 1. The van der Waals surface area contributed by atoms with Gasteiger partial charge in [-0.15, -0.1) is 10.2 Å². The van der Waals surface area contributed by atoms with Crippen molar-refractivity contribution < 1.29 is 13.6 Å². The molecule has 0 saturated heterocycles. The van der Waals surface area contributed by atoms with Gasteiger partial charge in [0.25, 0.3) is 5.22 Å². The van der Waals surface area contributed by atoms with Gasteiger partial charge in [-0.25, -0.2) is 0 Å². The Bertz CT molecular complexity index is 896. The van der Waals surface area contributed by atoms with Crippen molar-refractivity contribution in [2.75, 3.05) is 12.8 Å². The minimum absolute atomic E-state index is 0.0322. The molecule has 7 heteroatoms. The molecule has 0 atom stereocenters. The summed E-state index contributed by atoms with van der Waals surface area (Å²) in [5, 5.41) is 8.50. The number of rotatable bonds is 6. The number of hydrogen-bond acceptors (Lipinski definition) is 6. The van der Waals surface area contributed by atoms with E-state index in [1.54, 1.807) is 11.9 Å². The van der Waals surface area contributed by atoms with Crippen LogP contribution in [0.1, 0.15) is 22.6 Å². The average molecular weight is 371 g/mol. The van der Waals surface area contributed by atoms with Crippen molar-refractivity contribution in [1.82, 2.24) is 15.1 Å². The lowest BCUT2D eigenvalue weighted by atomic mass is 10.1. The second kappa shape index (κ2) is 7.78. The zero-order chi connectivity index (χ0) is 18.7. The molecule has 1 aromatic carbocycles. The van der Waals surface area contributed by atoms with Gasteiger partial charge in [0.2, 0.25) is 11.8 Å². The molecule has 0 unspecified atom stereocenters. The maximum Gasteiger partial charge on any atom is 0.277 e. The maximum atomic E-state index is 12.3. The summed E-state index contributed by atoms with van der Waals surface area (Å²) in [7, 11) is 1.75. The Morgan fingerprint density at radius 2 is 1.81 bits per heavy atom. The molecule has 0 radical (unpaired) electrons. The van der Waals surface area contributed by atoms with E-state index in [1.807, 2.05) is 45.0 Å². The standard InChI is InChI=1S/C19H21N3O3S/c1-12-7-13(2)9-15(8-12)18-20-21-19(25-18)26-11-17(23)22(4)10-16-6-5-14(3)24-16/h5-9H,10-11H2,1-4H3. The molecule has 0 aliphatic carbocycles. The molecule has 0 N–H and O–H groups in total. The highest BCUT2D eigenvalue weighted by atomic mass is 32.2. The first kappa shape index (κ1) is 18.3. The maximum absolute atomic E-state index is 12.3. The highest BCUT2D eigenvalue weighted by Gasteiger charge is 2.15. The molecule has 3 rings (SSSR count). The van der Waals surface area contributed by atoms with Gasteiger partial charge < -0.3 is 13.7 Å². The lowest BCUT2D eigenvalue weighted by Crippen LogP contribution is -2.27. The zero-order valence-electron chi connectivity index (χ0n) is 15.3. The number of nitrogens with zero attached hydrogens (tertiary/aromatic N) is 3. The van der Waals surface area contributed by atoms with Gasteiger partial charge in [-0.2, -0.15) is 0 Å². The molecule has 136 valence electrons. The summed E-state index contributed by atoms with van der Waals surface area (Å²) in [5.74, 6) is 2.25. The fraction of sp³-hybridized carbons (Fsp3) is 0.316. The van der Waals surface area contributed by atoms with E-state index in [9.17, 15) is 4.79 Å². The van der Waals surface area contributed by atoms with Crippen LogP contribution in [0.4, 0.5) is 0 Å². The van der Waals surface area contributed by atoms with Crippen molar-refractivity contribution in [3.8, 4) is 11.5 Å². The van der Waals surface area contributed by atoms with E-state index in [-0.39, 0.29) is 11.7 Å². The van der Waals surface area contributed by atoms with Crippen molar-refractivity contribution in [3.05, 3.63) is 53.0 Å². The molecule has 0 bridgehead atoms. The van der Waals surface area contributed by atoms with E-state index in [0.29, 0.717) is 17.7 Å². The van der Waals surface area contributed by atoms with Crippen molar-refractivity contribution in [3.63, 3.8) is 0 Å². The lowest BCUT2D eigenvalue weighted by molar-refractivity contribution is -0.127. The second-order valence-electron chi connectivity index (χ2n) is 6.30. The Hall–Kier alpha value is -2.54.